The number of hydrogen-bond donors (Lipinski definition) is 2. The fourth-order valence-corrected chi connectivity index (χ4v) is 5.24. The molecule has 3 nitrogen and oxygen atoms in total. The molecule has 1 aromatic rings. The molecule has 0 atom stereocenters. The lowest BCUT2D eigenvalue weighted by molar-refractivity contribution is 0.0107. The average molecular weight is 257 g/mol. The van der Waals surface area contributed by atoms with Gasteiger partial charge in [0.05, 0.1) is 5.69 Å². The average Bonchev–Trinajstić information content (AvgIpc) is 2.36. The van der Waals surface area contributed by atoms with E-state index in [1.54, 1.807) is 0 Å². The molecule has 0 unspecified atom stereocenters. The van der Waals surface area contributed by atoms with Gasteiger partial charge in [0.15, 0.2) is 0 Å². The van der Waals surface area contributed by atoms with Gasteiger partial charge in [0.2, 0.25) is 0 Å². The van der Waals surface area contributed by atoms with Crippen LogP contribution in [-0.2, 0) is 6.54 Å². The normalized spacial score (nSPS) is 39.5. The first-order valence-electron chi connectivity index (χ1n) is 7.68. The van der Waals surface area contributed by atoms with E-state index >= 15 is 0 Å². The Morgan fingerprint density at radius 3 is 2.37 bits per heavy atom. The summed E-state index contributed by atoms with van der Waals surface area (Å²) < 4.78 is 0. The first-order valence-corrected chi connectivity index (χ1v) is 7.68. The summed E-state index contributed by atoms with van der Waals surface area (Å²) in [5.74, 6) is 2.94. The summed E-state index contributed by atoms with van der Waals surface area (Å²) in [6.07, 6.45) is 10.5. The number of hydrogen-bond acceptors (Lipinski definition) is 3. The van der Waals surface area contributed by atoms with Crippen LogP contribution in [0.25, 0.3) is 0 Å². The number of nitrogens with two attached hydrogens (primary N) is 1. The van der Waals surface area contributed by atoms with Crippen LogP contribution in [0.4, 0.5) is 5.69 Å². The van der Waals surface area contributed by atoms with Crippen LogP contribution in [0.3, 0.4) is 0 Å². The van der Waals surface area contributed by atoms with Crippen LogP contribution in [0.5, 0.6) is 0 Å². The Morgan fingerprint density at radius 2 is 1.79 bits per heavy atom. The zero-order valence-corrected chi connectivity index (χ0v) is 11.4. The minimum atomic E-state index is 0.377. The molecule has 0 saturated heterocycles. The Kier molecular flexibility index (Phi) is 2.59. The molecule has 4 saturated carbocycles. The summed E-state index contributed by atoms with van der Waals surface area (Å²) >= 11 is 0. The summed E-state index contributed by atoms with van der Waals surface area (Å²) in [5.41, 5.74) is 8.27. The lowest BCUT2D eigenvalue weighted by atomic mass is 9.53. The maximum atomic E-state index is 5.69. The SMILES string of the molecule is NCc1cc(NC23CC4CC(CC(C4)C2)C3)ccn1. The molecule has 0 spiro atoms. The number of rotatable bonds is 3. The van der Waals surface area contributed by atoms with Gasteiger partial charge in [-0.2, -0.15) is 0 Å². The zero-order chi connectivity index (χ0) is 12.9. The van der Waals surface area contributed by atoms with Crippen molar-refractivity contribution in [1.82, 2.24) is 4.98 Å². The van der Waals surface area contributed by atoms with Crippen LogP contribution >= 0.6 is 0 Å². The molecule has 5 rings (SSSR count). The number of nitrogens with one attached hydrogen (secondary N) is 1. The molecule has 19 heavy (non-hydrogen) atoms. The van der Waals surface area contributed by atoms with Gasteiger partial charge in [-0.3, -0.25) is 4.98 Å². The van der Waals surface area contributed by atoms with Crippen LogP contribution in [0, 0.1) is 17.8 Å². The van der Waals surface area contributed by atoms with Gasteiger partial charge < -0.3 is 11.1 Å². The number of nitrogens with zero attached hydrogens (tertiary/aromatic N) is 1. The molecule has 0 radical (unpaired) electrons. The smallest absolute Gasteiger partial charge is 0.0559 e. The van der Waals surface area contributed by atoms with Crippen molar-refractivity contribution in [3.8, 4) is 0 Å². The Morgan fingerprint density at radius 1 is 1.16 bits per heavy atom. The van der Waals surface area contributed by atoms with Gasteiger partial charge in [-0.1, -0.05) is 0 Å². The third-order valence-corrected chi connectivity index (χ3v) is 5.47. The van der Waals surface area contributed by atoms with E-state index in [-0.39, 0.29) is 0 Å². The van der Waals surface area contributed by atoms with Gasteiger partial charge in [0.25, 0.3) is 0 Å². The van der Waals surface area contributed by atoms with Crippen LogP contribution in [0.15, 0.2) is 18.3 Å². The second-order valence-corrected chi connectivity index (χ2v) is 7.06. The van der Waals surface area contributed by atoms with Crippen molar-refractivity contribution in [3.05, 3.63) is 24.0 Å². The zero-order valence-electron chi connectivity index (χ0n) is 11.4. The minimum Gasteiger partial charge on any atom is -0.379 e. The second kappa shape index (κ2) is 4.20. The summed E-state index contributed by atoms with van der Waals surface area (Å²) in [7, 11) is 0. The topological polar surface area (TPSA) is 50.9 Å². The first kappa shape index (κ1) is 11.7. The quantitative estimate of drug-likeness (QED) is 0.875. The highest BCUT2D eigenvalue weighted by Crippen LogP contribution is 2.56. The minimum absolute atomic E-state index is 0.377. The molecule has 4 aliphatic rings. The van der Waals surface area contributed by atoms with Gasteiger partial charge >= 0.3 is 0 Å². The van der Waals surface area contributed by atoms with Crippen molar-refractivity contribution in [3.63, 3.8) is 0 Å². The maximum absolute atomic E-state index is 5.69. The van der Waals surface area contributed by atoms with E-state index in [2.05, 4.69) is 22.4 Å². The first-order chi connectivity index (χ1) is 9.25. The van der Waals surface area contributed by atoms with Crippen LogP contribution < -0.4 is 11.1 Å². The van der Waals surface area contributed by atoms with E-state index in [1.807, 2.05) is 6.20 Å². The van der Waals surface area contributed by atoms with Gasteiger partial charge in [-0.15, -0.1) is 0 Å². The molecule has 1 heterocycles. The maximum Gasteiger partial charge on any atom is 0.0559 e. The Bertz CT molecular complexity index is 447. The van der Waals surface area contributed by atoms with E-state index in [1.165, 1.54) is 44.2 Å². The van der Waals surface area contributed by atoms with Gasteiger partial charge in [0.1, 0.15) is 0 Å². The highest BCUT2D eigenvalue weighted by Gasteiger charge is 2.50. The van der Waals surface area contributed by atoms with Crippen LogP contribution in [-0.4, -0.2) is 10.5 Å². The Labute approximate surface area is 115 Å². The molecule has 0 aliphatic heterocycles. The summed E-state index contributed by atoms with van der Waals surface area (Å²) in [5, 5.41) is 3.87. The molecule has 4 fully saturated rings. The Hall–Kier alpha value is -1.09. The Balaban J connectivity index is 1.58. The molecular weight excluding hydrogens is 234 g/mol. The van der Waals surface area contributed by atoms with E-state index < -0.39 is 0 Å². The van der Waals surface area contributed by atoms with Gasteiger partial charge in [0, 0.05) is 24.0 Å². The fourth-order valence-electron chi connectivity index (χ4n) is 5.24. The van der Waals surface area contributed by atoms with Crippen LogP contribution in [0.2, 0.25) is 0 Å². The predicted octanol–water partition coefficient (Wildman–Crippen LogP) is 2.92. The van der Waals surface area contributed by atoms with E-state index in [9.17, 15) is 0 Å². The summed E-state index contributed by atoms with van der Waals surface area (Å²) in [6.45, 7) is 0.524. The van der Waals surface area contributed by atoms with E-state index in [0.717, 1.165) is 23.4 Å². The van der Waals surface area contributed by atoms with Crippen molar-refractivity contribution in [2.75, 3.05) is 5.32 Å². The van der Waals surface area contributed by atoms with Crippen molar-refractivity contribution < 1.29 is 0 Å². The van der Waals surface area contributed by atoms with E-state index in [0.29, 0.717) is 12.1 Å². The lowest BCUT2D eigenvalue weighted by Crippen LogP contribution is -2.54. The van der Waals surface area contributed by atoms with Crippen molar-refractivity contribution in [2.45, 2.75) is 50.6 Å². The second-order valence-electron chi connectivity index (χ2n) is 7.06. The highest BCUT2D eigenvalue weighted by molar-refractivity contribution is 5.46. The molecule has 0 amide bonds. The standard InChI is InChI=1S/C16H23N3/c17-10-15-6-14(1-2-18-15)19-16-7-11-3-12(8-16)5-13(4-11)9-16/h1-2,6,11-13H,3-5,7-10,17H2,(H,18,19). The van der Waals surface area contributed by atoms with Crippen LogP contribution in [0.1, 0.15) is 44.2 Å². The van der Waals surface area contributed by atoms with Gasteiger partial charge in [-0.05, 0) is 68.4 Å². The molecule has 3 N–H and O–H groups in total. The van der Waals surface area contributed by atoms with Crippen molar-refractivity contribution >= 4 is 5.69 Å². The molecular formula is C16H23N3. The van der Waals surface area contributed by atoms with Gasteiger partial charge in [-0.25, -0.2) is 0 Å². The molecule has 4 aliphatic carbocycles. The highest BCUT2D eigenvalue weighted by atomic mass is 15.0. The number of pyridine rings is 1. The molecule has 3 heteroatoms. The summed E-state index contributed by atoms with van der Waals surface area (Å²) in [4.78, 5) is 4.29. The fraction of sp³-hybridized carbons (Fsp3) is 0.688. The molecule has 4 bridgehead atoms. The third-order valence-electron chi connectivity index (χ3n) is 5.47. The third kappa shape index (κ3) is 2.04. The van der Waals surface area contributed by atoms with Crippen molar-refractivity contribution in [1.29, 1.82) is 0 Å². The molecule has 1 aromatic heterocycles. The van der Waals surface area contributed by atoms with E-state index in [4.69, 9.17) is 5.73 Å². The lowest BCUT2D eigenvalue weighted by Gasteiger charge is -2.57. The molecule has 0 aromatic carbocycles. The predicted molar refractivity (Wildman–Crippen MR) is 76.7 cm³/mol. The summed E-state index contributed by atoms with van der Waals surface area (Å²) in [6, 6.07) is 4.22. The van der Waals surface area contributed by atoms with Crippen molar-refractivity contribution in [2.24, 2.45) is 23.5 Å². The molecule has 102 valence electrons. The number of anilines is 1. The number of aromatic nitrogens is 1. The largest absolute Gasteiger partial charge is 0.379 e. The monoisotopic (exact) mass is 257 g/mol.